The van der Waals surface area contributed by atoms with E-state index in [2.05, 4.69) is 15.0 Å². The molecule has 0 bridgehead atoms. The van der Waals surface area contributed by atoms with E-state index in [1.807, 2.05) is 42.5 Å². The molecule has 0 fully saturated rings. The first-order valence-electron chi connectivity index (χ1n) is 8.78. The van der Waals surface area contributed by atoms with Gasteiger partial charge in [-0.15, -0.1) is 0 Å². The molecule has 7 heteroatoms. The standard InChI is InChI=1S/C22H15Cl2N3O2/c23-15-6-9-20-18(12-15)22(28)27-21(26-20)19(24)11-14-4-7-17(8-5-14)29-13-16-3-1-2-10-25-16/h1-12H,13H2,(H,26,27,28). The number of rotatable bonds is 5. The molecular weight excluding hydrogens is 409 g/mol. The van der Waals surface area contributed by atoms with E-state index in [1.165, 1.54) is 0 Å². The molecule has 144 valence electrons. The van der Waals surface area contributed by atoms with Crippen LogP contribution in [0.25, 0.3) is 22.0 Å². The highest BCUT2D eigenvalue weighted by molar-refractivity contribution is 6.50. The van der Waals surface area contributed by atoms with E-state index in [1.54, 1.807) is 30.5 Å². The summed E-state index contributed by atoms with van der Waals surface area (Å²) in [6.45, 7) is 0.392. The van der Waals surface area contributed by atoms with Crippen molar-refractivity contribution in [1.29, 1.82) is 0 Å². The molecule has 5 nitrogen and oxygen atoms in total. The van der Waals surface area contributed by atoms with Crippen LogP contribution in [0.4, 0.5) is 0 Å². The molecule has 0 unspecified atom stereocenters. The third-order valence-corrected chi connectivity index (χ3v) is 4.70. The van der Waals surface area contributed by atoms with Gasteiger partial charge in [-0.1, -0.05) is 41.4 Å². The number of hydrogen-bond donors (Lipinski definition) is 1. The molecule has 2 heterocycles. The summed E-state index contributed by atoms with van der Waals surface area (Å²) in [4.78, 5) is 23.6. The minimum Gasteiger partial charge on any atom is -0.487 e. The van der Waals surface area contributed by atoms with E-state index in [9.17, 15) is 4.79 Å². The van der Waals surface area contributed by atoms with Crippen molar-refractivity contribution in [3.63, 3.8) is 0 Å². The largest absolute Gasteiger partial charge is 0.487 e. The second-order valence-electron chi connectivity index (χ2n) is 6.25. The number of nitrogens with one attached hydrogen (secondary N) is 1. The Morgan fingerprint density at radius 1 is 1.10 bits per heavy atom. The van der Waals surface area contributed by atoms with E-state index < -0.39 is 0 Å². The SMILES string of the molecule is O=c1[nH]c(C(Cl)=Cc2ccc(OCc3ccccn3)cc2)nc2ccc(Cl)cc12. The molecule has 1 N–H and O–H groups in total. The van der Waals surface area contributed by atoms with Crippen LogP contribution in [0.3, 0.4) is 0 Å². The molecule has 2 aromatic carbocycles. The van der Waals surface area contributed by atoms with Crippen LogP contribution in [0.2, 0.25) is 5.02 Å². The molecule has 0 saturated carbocycles. The third-order valence-electron chi connectivity index (χ3n) is 4.18. The van der Waals surface area contributed by atoms with Crippen molar-refractivity contribution >= 4 is 45.2 Å². The van der Waals surface area contributed by atoms with Crippen LogP contribution in [-0.2, 0) is 6.61 Å². The smallest absolute Gasteiger partial charge is 0.259 e. The van der Waals surface area contributed by atoms with E-state index in [4.69, 9.17) is 27.9 Å². The van der Waals surface area contributed by atoms with E-state index in [0.717, 1.165) is 17.0 Å². The Kier molecular flexibility index (Phi) is 5.60. The first kappa shape index (κ1) is 19.2. The van der Waals surface area contributed by atoms with Gasteiger partial charge in [0.15, 0.2) is 5.82 Å². The number of nitrogens with zero attached hydrogens (tertiary/aromatic N) is 2. The average molecular weight is 424 g/mol. The molecule has 0 aliphatic rings. The summed E-state index contributed by atoms with van der Waals surface area (Å²) in [6.07, 6.45) is 3.46. The van der Waals surface area contributed by atoms with Crippen molar-refractivity contribution in [1.82, 2.24) is 15.0 Å². The number of pyridine rings is 1. The normalized spacial score (nSPS) is 11.6. The highest BCUT2D eigenvalue weighted by Crippen LogP contribution is 2.22. The number of H-pyrrole nitrogens is 1. The molecule has 0 radical (unpaired) electrons. The predicted octanol–water partition coefficient (Wildman–Crippen LogP) is 5.29. The van der Waals surface area contributed by atoms with Crippen molar-refractivity contribution in [2.75, 3.05) is 0 Å². The fourth-order valence-corrected chi connectivity index (χ4v) is 3.13. The van der Waals surface area contributed by atoms with Crippen LogP contribution in [-0.4, -0.2) is 15.0 Å². The number of aromatic nitrogens is 3. The number of benzene rings is 2. The first-order chi connectivity index (χ1) is 14.1. The molecule has 0 aliphatic carbocycles. The third kappa shape index (κ3) is 4.65. The van der Waals surface area contributed by atoms with Crippen LogP contribution in [0, 0.1) is 0 Å². The van der Waals surface area contributed by atoms with Gasteiger partial charge in [-0.3, -0.25) is 9.78 Å². The molecule has 2 aromatic heterocycles. The lowest BCUT2D eigenvalue weighted by atomic mass is 10.2. The molecule has 0 atom stereocenters. The summed E-state index contributed by atoms with van der Waals surface area (Å²) >= 11 is 12.3. The summed E-state index contributed by atoms with van der Waals surface area (Å²) in [5.74, 6) is 1.01. The zero-order chi connectivity index (χ0) is 20.2. The zero-order valence-corrected chi connectivity index (χ0v) is 16.6. The van der Waals surface area contributed by atoms with Crippen LogP contribution >= 0.6 is 23.2 Å². The first-order valence-corrected chi connectivity index (χ1v) is 9.54. The second-order valence-corrected chi connectivity index (χ2v) is 7.09. The summed E-state index contributed by atoms with van der Waals surface area (Å²) in [5, 5.41) is 1.21. The van der Waals surface area contributed by atoms with Crippen molar-refractivity contribution in [3.8, 4) is 5.75 Å². The highest BCUT2D eigenvalue weighted by Gasteiger charge is 2.08. The number of halogens is 2. The molecular formula is C22H15Cl2N3O2. The maximum atomic E-state index is 12.3. The van der Waals surface area contributed by atoms with Crippen molar-refractivity contribution in [3.05, 3.63) is 99.3 Å². The van der Waals surface area contributed by atoms with Gasteiger partial charge in [0.05, 0.1) is 21.6 Å². The monoisotopic (exact) mass is 423 g/mol. The molecule has 0 spiro atoms. The lowest BCUT2D eigenvalue weighted by Crippen LogP contribution is -2.10. The maximum Gasteiger partial charge on any atom is 0.259 e. The molecule has 4 aromatic rings. The topological polar surface area (TPSA) is 67.9 Å². The Morgan fingerprint density at radius 3 is 2.69 bits per heavy atom. The van der Waals surface area contributed by atoms with Gasteiger partial charge in [0.1, 0.15) is 12.4 Å². The molecule has 0 amide bonds. The number of aromatic amines is 1. The average Bonchev–Trinajstić information content (AvgIpc) is 2.74. The second kappa shape index (κ2) is 8.47. The summed E-state index contributed by atoms with van der Waals surface area (Å²) in [5.41, 5.74) is 1.93. The van der Waals surface area contributed by atoms with Gasteiger partial charge < -0.3 is 9.72 Å². The Balaban J connectivity index is 1.52. The fraction of sp³-hybridized carbons (Fsp3) is 0.0455. The molecule has 29 heavy (non-hydrogen) atoms. The van der Waals surface area contributed by atoms with Crippen molar-refractivity contribution in [2.24, 2.45) is 0 Å². The lowest BCUT2D eigenvalue weighted by molar-refractivity contribution is 0.301. The Labute approximate surface area is 176 Å². The number of hydrogen-bond acceptors (Lipinski definition) is 4. The van der Waals surface area contributed by atoms with E-state index in [-0.39, 0.29) is 5.56 Å². The predicted molar refractivity (Wildman–Crippen MR) is 116 cm³/mol. The Bertz CT molecular complexity index is 1240. The summed E-state index contributed by atoms with van der Waals surface area (Å²) < 4.78 is 5.72. The molecule has 4 rings (SSSR count). The van der Waals surface area contributed by atoms with Gasteiger partial charge in [0, 0.05) is 11.2 Å². The fourth-order valence-electron chi connectivity index (χ4n) is 2.74. The Morgan fingerprint density at radius 2 is 1.93 bits per heavy atom. The Hall–Kier alpha value is -3.15. The quantitative estimate of drug-likeness (QED) is 0.473. The maximum absolute atomic E-state index is 12.3. The van der Waals surface area contributed by atoms with Gasteiger partial charge in [0.25, 0.3) is 5.56 Å². The van der Waals surface area contributed by atoms with E-state index >= 15 is 0 Å². The zero-order valence-electron chi connectivity index (χ0n) is 15.1. The van der Waals surface area contributed by atoms with Gasteiger partial charge in [-0.2, -0.15) is 0 Å². The van der Waals surface area contributed by atoms with Gasteiger partial charge in [-0.25, -0.2) is 4.98 Å². The molecule has 0 saturated heterocycles. The lowest BCUT2D eigenvalue weighted by Gasteiger charge is -2.06. The van der Waals surface area contributed by atoms with E-state index in [0.29, 0.717) is 33.4 Å². The number of fused-ring (bicyclic) bond motifs is 1. The summed E-state index contributed by atoms with van der Waals surface area (Å²) in [6, 6.07) is 18.1. The van der Waals surface area contributed by atoms with Crippen molar-refractivity contribution in [2.45, 2.75) is 6.61 Å². The minimum absolute atomic E-state index is 0.293. The van der Waals surface area contributed by atoms with Gasteiger partial charge in [0.2, 0.25) is 0 Å². The van der Waals surface area contributed by atoms with Crippen LogP contribution < -0.4 is 10.3 Å². The molecule has 0 aliphatic heterocycles. The van der Waals surface area contributed by atoms with Gasteiger partial charge >= 0.3 is 0 Å². The van der Waals surface area contributed by atoms with Gasteiger partial charge in [-0.05, 0) is 54.1 Å². The number of ether oxygens (including phenoxy) is 1. The van der Waals surface area contributed by atoms with Crippen LogP contribution in [0.1, 0.15) is 17.1 Å². The minimum atomic E-state index is -0.294. The summed E-state index contributed by atoms with van der Waals surface area (Å²) in [7, 11) is 0. The highest BCUT2D eigenvalue weighted by atomic mass is 35.5. The van der Waals surface area contributed by atoms with Crippen LogP contribution in [0.5, 0.6) is 5.75 Å². The van der Waals surface area contributed by atoms with Crippen LogP contribution in [0.15, 0.2) is 71.7 Å². The van der Waals surface area contributed by atoms with Crippen molar-refractivity contribution < 1.29 is 4.74 Å².